The lowest BCUT2D eigenvalue weighted by Crippen LogP contribution is -2.25. The molecule has 0 bridgehead atoms. The zero-order valence-corrected chi connectivity index (χ0v) is 10.9. The monoisotopic (exact) mass is 260 g/mol. The zero-order valence-electron chi connectivity index (χ0n) is 10.9. The van der Waals surface area contributed by atoms with E-state index in [1.165, 1.54) is 7.11 Å². The molecule has 0 radical (unpaired) electrons. The number of pyridine rings is 1. The molecule has 100 valence electrons. The lowest BCUT2D eigenvalue weighted by Gasteiger charge is -2.20. The van der Waals surface area contributed by atoms with E-state index in [0.717, 1.165) is 12.2 Å². The second-order valence-corrected chi connectivity index (χ2v) is 3.82. The first-order valence-corrected chi connectivity index (χ1v) is 5.93. The molecule has 0 aliphatic heterocycles. The average molecular weight is 260 g/mol. The van der Waals surface area contributed by atoms with Crippen LogP contribution in [0.1, 0.15) is 12.6 Å². The van der Waals surface area contributed by atoms with E-state index in [0.29, 0.717) is 12.5 Å². The summed E-state index contributed by atoms with van der Waals surface area (Å²) in [7, 11) is 1.49. The van der Waals surface area contributed by atoms with Gasteiger partial charge in [-0.2, -0.15) is 15.0 Å². The summed E-state index contributed by atoms with van der Waals surface area (Å²) in [6.07, 6.45) is 1.76. The molecule has 0 aromatic carbocycles. The molecule has 2 rings (SSSR count). The fourth-order valence-corrected chi connectivity index (χ4v) is 1.60. The maximum Gasteiger partial charge on any atom is 0.322 e. The lowest BCUT2D eigenvalue weighted by atomic mass is 10.3. The third-order valence-corrected chi connectivity index (χ3v) is 2.55. The van der Waals surface area contributed by atoms with Crippen molar-refractivity contribution >= 4 is 11.9 Å². The molecule has 0 fully saturated rings. The standard InChI is InChI=1S/C12H16N6O/c1-3-18(8-9-6-4-5-7-14-9)11-15-10(13)16-12(17-11)19-2/h4-7H,3,8H2,1-2H3,(H2,13,15,16,17). The van der Waals surface area contributed by atoms with E-state index in [1.54, 1.807) is 6.20 Å². The Morgan fingerprint density at radius 1 is 1.26 bits per heavy atom. The first-order chi connectivity index (χ1) is 9.22. The molecule has 7 heteroatoms. The molecular formula is C12H16N6O. The summed E-state index contributed by atoms with van der Waals surface area (Å²) in [6, 6.07) is 5.98. The van der Waals surface area contributed by atoms with E-state index in [9.17, 15) is 0 Å². The van der Waals surface area contributed by atoms with Crippen LogP contribution in [0.5, 0.6) is 6.01 Å². The topological polar surface area (TPSA) is 90.1 Å². The third kappa shape index (κ3) is 3.27. The Labute approximate surface area is 111 Å². The number of aromatic nitrogens is 4. The number of rotatable bonds is 5. The van der Waals surface area contributed by atoms with Gasteiger partial charge in [-0.25, -0.2) is 0 Å². The Bertz CT molecular complexity index is 533. The van der Waals surface area contributed by atoms with Gasteiger partial charge in [0.2, 0.25) is 11.9 Å². The van der Waals surface area contributed by atoms with Crippen molar-refractivity contribution in [3.63, 3.8) is 0 Å². The number of hydrogen-bond donors (Lipinski definition) is 1. The highest BCUT2D eigenvalue weighted by atomic mass is 16.5. The van der Waals surface area contributed by atoms with E-state index < -0.39 is 0 Å². The zero-order chi connectivity index (χ0) is 13.7. The average Bonchev–Trinajstić information content (AvgIpc) is 2.45. The second kappa shape index (κ2) is 5.94. The van der Waals surface area contributed by atoms with Gasteiger partial charge in [0, 0.05) is 12.7 Å². The van der Waals surface area contributed by atoms with Crippen LogP contribution in [0.3, 0.4) is 0 Å². The number of ether oxygens (including phenoxy) is 1. The van der Waals surface area contributed by atoms with Crippen LogP contribution in [-0.4, -0.2) is 33.6 Å². The Morgan fingerprint density at radius 2 is 2.11 bits per heavy atom. The van der Waals surface area contributed by atoms with Gasteiger partial charge in [0.15, 0.2) is 0 Å². The van der Waals surface area contributed by atoms with E-state index >= 15 is 0 Å². The highest BCUT2D eigenvalue weighted by Crippen LogP contribution is 2.15. The van der Waals surface area contributed by atoms with Gasteiger partial charge in [-0.3, -0.25) is 4.98 Å². The van der Waals surface area contributed by atoms with Gasteiger partial charge in [0.05, 0.1) is 19.3 Å². The molecule has 2 N–H and O–H groups in total. The minimum absolute atomic E-state index is 0.140. The molecule has 0 amide bonds. The van der Waals surface area contributed by atoms with Crippen LogP contribution in [0.15, 0.2) is 24.4 Å². The van der Waals surface area contributed by atoms with Crippen molar-refractivity contribution in [2.45, 2.75) is 13.5 Å². The first-order valence-electron chi connectivity index (χ1n) is 5.93. The number of anilines is 2. The van der Waals surface area contributed by atoms with Gasteiger partial charge in [-0.15, -0.1) is 0 Å². The van der Waals surface area contributed by atoms with Crippen molar-refractivity contribution in [2.75, 3.05) is 24.3 Å². The maximum absolute atomic E-state index is 5.64. The smallest absolute Gasteiger partial charge is 0.322 e. The summed E-state index contributed by atoms with van der Waals surface area (Å²) in [6.45, 7) is 3.34. The van der Waals surface area contributed by atoms with Crippen LogP contribution < -0.4 is 15.4 Å². The van der Waals surface area contributed by atoms with Gasteiger partial charge >= 0.3 is 6.01 Å². The van der Waals surface area contributed by atoms with Crippen LogP contribution >= 0.6 is 0 Å². The molecule has 2 aromatic heterocycles. The van der Waals surface area contributed by atoms with Gasteiger partial charge in [0.1, 0.15) is 0 Å². The van der Waals surface area contributed by atoms with E-state index in [-0.39, 0.29) is 12.0 Å². The molecule has 0 aliphatic rings. The quantitative estimate of drug-likeness (QED) is 0.853. The predicted molar refractivity (Wildman–Crippen MR) is 71.8 cm³/mol. The molecule has 2 aromatic rings. The molecule has 0 saturated carbocycles. The molecule has 0 unspecified atom stereocenters. The highest BCUT2D eigenvalue weighted by Gasteiger charge is 2.12. The molecule has 0 aliphatic carbocycles. The Morgan fingerprint density at radius 3 is 2.74 bits per heavy atom. The van der Waals surface area contributed by atoms with Gasteiger partial charge in [-0.05, 0) is 19.1 Å². The largest absolute Gasteiger partial charge is 0.467 e. The Hall–Kier alpha value is -2.44. The van der Waals surface area contributed by atoms with Crippen LogP contribution in [-0.2, 0) is 6.54 Å². The first kappa shape index (κ1) is 13.0. The van der Waals surface area contributed by atoms with Crippen molar-refractivity contribution in [1.82, 2.24) is 19.9 Å². The highest BCUT2D eigenvalue weighted by molar-refractivity contribution is 5.36. The summed E-state index contributed by atoms with van der Waals surface area (Å²) >= 11 is 0. The van der Waals surface area contributed by atoms with Crippen molar-refractivity contribution in [3.8, 4) is 6.01 Å². The van der Waals surface area contributed by atoms with Gasteiger partial charge < -0.3 is 15.4 Å². The summed E-state index contributed by atoms with van der Waals surface area (Å²) in [5, 5.41) is 0. The summed E-state index contributed by atoms with van der Waals surface area (Å²) < 4.78 is 5.00. The molecule has 0 atom stereocenters. The summed E-state index contributed by atoms with van der Waals surface area (Å²) in [4.78, 5) is 18.4. The van der Waals surface area contributed by atoms with Crippen LogP contribution in [0.4, 0.5) is 11.9 Å². The molecule has 19 heavy (non-hydrogen) atoms. The van der Waals surface area contributed by atoms with E-state index in [1.807, 2.05) is 30.0 Å². The fourth-order valence-electron chi connectivity index (χ4n) is 1.60. The van der Waals surface area contributed by atoms with Crippen molar-refractivity contribution in [2.24, 2.45) is 0 Å². The Balaban J connectivity index is 2.24. The normalized spacial score (nSPS) is 10.2. The second-order valence-electron chi connectivity index (χ2n) is 3.82. The molecule has 2 heterocycles. The molecule has 0 spiro atoms. The number of methoxy groups -OCH3 is 1. The third-order valence-electron chi connectivity index (χ3n) is 2.55. The maximum atomic E-state index is 5.64. The van der Waals surface area contributed by atoms with Crippen LogP contribution in [0.2, 0.25) is 0 Å². The predicted octanol–water partition coefficient (Wildman–Crippen LogP) is 0.884. The van der Waals surface area contributed by atoms with Crippen LogP contribution in [0, 0.1) is 0 Å². The fraction of sp³-hybridized carbons (Fsp3) is 0.333. The van der Waals surface area contributed by atoms with Crippen LogP contribution in [0.25, 0.3) is 0 Å². The number of nitrogen functional groups attached to an aromatic ring is 1. The molecule has 0 saturated heterocycles. The lowest BCUT2D eigenvalue weighted by molar-refractivity contribution is 0.379. The molecule has 7 nitrogen and oxygen atoms in total. The minimum Gasteiger partial charge on any atom is -0.467 e. The number of nitrogens with two attached hydrogens (primary N) is 1. The summed E-state index contributed by atoms with van der Waals surface area (Å²) in [5.41, 5.74) is 6.57. The minimum atomic E-state index is 0.140. The number of nitrogens with zero attached hydrogens (tertiary/aromatic N) is 5. The van der Waals surface area contributed by atoms with Crippen molar-refractivity contribution in [1.29, 1.82) is 0 Å². The Kier molecular flexibility index (Phi) is 4.07. The molecular weight excluding hydrogens is 244 g/mol. The summed E-state index contributed by atoms with van der Waals surface area (Å²) in [5.74, 6) is 0.624. The van der Waals surface area contributed by atoms with E-state index in [4.69, 9.17) is 10.5 Å². The van der Waals surface area contributed by atoms with Gasteiger partial charge in [0.25, 0.3) is 0 Å². The van der Waals surface area contributed by atoms with Crippen molar-refractivity contribution < 1.29 is 4.74 Å². The van der Waals surface area contributed by atoms with Gasteiger partial charge in [-0.1, -0.05) is 6.07 Å². The SMILES string of the molecule is CCN(Cc1ccccn1)c1nc(N)nc(OC)n1. The number of hydrogen-bond acceptors (Lipinski definition) is 7. The van der Waals surface area contributed by atoms with E-state index in [2.05, 4.69) is 19.9 Å². The van der Waals surface area contributed by atoms with Crippen molar-refractivity contribution in [3.05, 3.63) is 30.1 Å².